The molecule has 0 aliphatic heterocycles. The first-order valence-corrected chi connectivity index (χ1v) is 8.13. The van der Waals surface area contributed by atoms with E-state index in [2.05, 4.69) is 0 Å². The lowest BCUT2D eigenvalue weighted by Gasteiger charge is -2.05. The molecule has 110 valence electrons. The second-order valence-corrected chi connectivity index (χ2v) is 6.67. The van der Waals surface area contributed by atoms with Crippen molar-refractivity contribution in [2.75, 3.05) is 5.75 Å². The van der Waals surface area contributed by atoms with Crippen molar-refractivity contribution in [3.8, 4) is 0 Å². The maximum absolute atomic E-state index is 12.8. The van der Waals surface area contributed by atoms with Gasteiger partial charge in [0.1, 0.15) is 11.6 Å². The first kappa shape index (κ1) is 16.1. The van der Waals surface area contributed by atoms with E-state index in [0.717, 1.165) is 0 Å². The molecule has 0 N–H and O–H groups in total. The van der Waals surface area contributed by atoms with E-state index >= 15 is 0 Å². The lowest BCUT2D eigenvalue weighted by atomic mass is 10.1. The summed E-state index contributed by atoms with van der Waals surface area (Å²) >= 11 is 11.8. The highest BCUT2D eigenvalue weighted by Crippen LogP contribution is 2.24. The number of ketones is 1. The van der Waals surface area contributed by atoms with Crippen molar-refractivity contribution < 1.29 is 13.4 Å². The van der Waals surface area contributed by atoms with E-state index in [9.17, 15) is 13.4 Å². The van der Waals surface area contributed by atoms with Crippen LogP contribution in [0.25, 0.3) is 0 Å². The third-order valence-electron chi connectivity index (χ3n) is 2.75. The molecule has 0 fully saturated rings. The maximum atomic E-state index is 12.8. The molecule has 0 saturated carbocycles. The van der Waals surface area contributed by atoms with Crippen LogP contribution < -0.4 is 0 Å². The van der Waals surface area contributed by atoms with Crippen molar-refractivity contribution in [1.29, 1.82) is 0 Å². The number of hydrogen-bond acceptors (Lipinski definition) is 2. The molecule has 0 heterocycles. The van der Waals surface area contributed by atoms with E-state index in [0.29, 0.717) is 20.5 Å². The average Bonchev–Trinajstić information content (AvgIpc) is 2.44. The molecule has 0 radical (unpaired) electrons. The average molecular weight is 345 g/mol. The van der Waals surface area contributed by atoms with Crippen LogP contribution >= 0.6 is 23.2 Å². The molecule has 0 saturated heterocycles. The summed E-state index contributed by atoms with van der Waals surface area (Å²) in [5.74, 6) is -0.728. The van der Waals surface area contributed by atoms with Crippen LogP contribution in [0.15, 0.2) is 47.4 Å². The summed E-state index contributed by atoms with van der Waals surface area (Å²) in [6.07, 6.45) is 0.101. The minimum atomic E-state index is -1.55. The quantitative estimate of drug-likeness (QED) is 0.819. The Labute approximate surface area is 134 Å². The maximum Gasteiger partial charge on any atom is 0.150 e. The third-order valence-corrected chi connectivity index (χ3v) is 4.83. The van der Waals surface area contributed by atoms with Gasteiger partial charge in [-0.3, -0.25) is 9.00 Å². The summed E-state index contributed by atoms with van der Waals surface area (Å²) in [5.41, 5.74) is 0.676. The zero-order chi connectivity index (χ0) is 15.4. The minimum absolute atomic E-state index is 0.101. The molecular formula is C15H11Cl2FO2S. The number of carbonyl (C=O) groups excluding carboxylic acids is 1. The molecule has 0 amide bonds. The third kappa shape index (κ3) is 4.63. The number of rotatable bonds is 5. The fourth-order valence-corrected chi connectivity index (χ4v) is 3.46. The summed E-state index contributed by atoms with van der Waals surface area (Å²) in [6.45, 7) is 0. The Kier molecular flexibility index (Phi) is 5.51. The van der Waals surface area contributed by atoms with Gasteiger partial charge < -0.3 is 0 Å². The molecule has 1 unspecified atom stereocenters. The number of hydrogen-bond donors (Lipinski definition) is 0. The van der Waals surface area contributed by atoms with E-state index in [1.54, 1.807) is 12.1 Å². The summed E-state index contributed by atoms with van der Waals surface area (Å²) in [5, 5.41) is 0.723. The van der Waals surface area contributed by atoms with Crippen molar-refractivity contribution in [3.05, 3.63) is 63.9 Å². The van der Waals surface area contributed by atoms with Crippen LogP contribution in [0.4, 0.5) is 4.39 Å². The number of carbonyl (C=O) groups is 1. The van der Waals surface area contributed by atoms with E-state index in [4.69, 9.17) is 23.2 Å². The van der Waals surface area contributed by atoms with Crippen molar-refractivity contribution in [2.24, 2.45) is 0 Å². The number of Topliss-reactive ketones (excluding diaryl/α,β-unsaturated/α-hetero) is 1. The molecular weight excluding hydrogens is 334 g/mol. The molecule has 6 heteroatoms. The van der Waals surface area contributed by atoms with Gasteiger partial charge in [0.25, 0.3) is 0 Å². The summed E-state index contributed by atoms with van der Waals surface area (Å²) < 4.78 is 24.9. The molecule has 2 rings (SSSR count). The van der Waals surface area contributed by atoms with Crippen LogP contribution in [0.5, 0.6) is 0 Å². The van der Waals surface area contributed by atoms with Crippen LogP contribution in [-0.2, 0) is 22.0 Å². The Morgan fingerprint density at radius 3 is 2.43 bits per heavy atom. The first-order valence-electron chi connectivity index (χ1n) is 6.05. The first-order chi connectivity index (χ1) is 9.95. The summed E-state index contributed by atoms with van der Waals surface area (Å²) in [7, 11) is -1.55. The molecule has 0 aliphatic carbocycles. The van der Waals surface area contributed by atoms with E-state index in [1.165, 1.54) is 30.3 Å². The molecule has 0 aliphatic rings. The Morgan fingerprint density at radius 2 is 1.76 bits per heavy atom. The highest BCUT2D eigenvalue weighted by Gasteiger charge is 2.14. The molecule has 0 bridgehead atoms. The van der Waals surface area contributed by atoms with Crippen molar-refractivity contribution in [1.82, 2.24) is 0 Å². The van der Waals surface area contributed by atoms with E-state index in [-0.39, 0.29) is 23.8 Å². The molecule has 0 aromatic heterocycles. The highest BCUT2D eigenvalue weighted by atomic mass is 35.5. The number of halogens is 3. The number of benzene rings is 2. The Balaban J connectivity index is 2.03. The molecule has 2 aromatic rings. The Morgan fingerprint density at radius 1 is 1.10 bits per heavy atom. The lowest BCUT2D eigenvalue weighted by molar-refractivity contribution is -0.116. The fraction of sp³-hybridized carbons (Fsp3) is 0.133. The van der Waals surface area contributed by atoms with Gasteiger partial charge in [-0.05, 0) is 35.9 Å². The molecule has 2 nitrogen and oxygen atoms in total. The van der Waals surface area contributed by atoms with E-state index in [1.807, 2.05) is 0 Å². The van der Waals surface area contributed by atoms with Gasteiger partial charge in [-0.25, -0.2) is 4.39 Å². The Hall–Kier alpha value is -1.23. The van der Waals surface area contributed by atoms with Gasteiger partial charge in [0.05, 0.1) is 26.5 Å². The van der Waals surface area contributed by atoms with Crippen LogP contribution in [0.3, 0.4) is 0 Å². The predicted molar refractivity (Wildman–Crippen MR) is 82.8 cm³/mol. The minimum Gasteiger partial charge on any atom is -0.298 e. The smallest absolute Gasteiger partial charge is 0.150 e. The second-order valence-electron chi connectivity index (χ2n) is 4.41. The van der Waals surface area contributed by atoms with Gasteiger partial charge in [0, 0.05) is 11.4 Å². The largest absolute Gasteiger partial charge is 0.298 e. The second kappa shape index (κ2) is 7.16. The van der Waals surface area contributed by atoms with E-state index < -0.39 is 10.8 Å². The molecule has 0 spiro atoms. The van der Waals surface area contributed by atoms with Crippen LogP contribution in [0, 0.1) is 5.82 Å². The summed E-state index contributed by atoms with van der Waals surface area (Å²) in [6, 6.07) is 10.3. The van der Waals surface area contributed by atoms with Crippen molar-refractivity contribution >= 4 is 39.8 Å². The highest BCUT2D eigenvalue weighted by molar-refractivity contribution is 7.86. The van der Waals surface area contributed by atoms with Gasteiger partial charge >= 0.3 is 0 Å². The van der Waals surface area contributed by atoms with Crippen LogP contribution in [0.2, 0.25) is 10.0 Å². The fourth-order valence-electron chi connectivity index (χ4n) is 1.76. The van der Waals surface area contributed by atoms with Gasteiger partial charge in [-0.15, -0.1) is 0 Å². The monoisotopic (exact) mass is 344 g/mol. The lowest BCUT2D eigenvalue weighted by Crippen LogP contribution is -2.13. The summed E-state index contributed by atoms with van der Waals surface area (Å²) in [4.78, 5) is 12.3. The standard InChI is InChI=1S/C15H11Cl2FO2S/c16-11-3-6-14(17)15(8-11)21(20)9-13(19)7-10-1-4-12(18)5-2-10/h1-6,8H,7,9H2. The molecule has 21 heavy (non-hydrogen) atoms. The van der Waals surface area contributed by atoms with Gasteiger partial charge in [0.2, 0.25) is 0 Å². The zero-order valence-corrected chi connectivity index (χ0v) is 13.1. The predicted octanol–water partition coefficient (Wildman–Crippen LogP) is 4.05. The van der Waals surface area contributed by atoms with Gasteiger partial charge in [-0.1, -0.05) is 35.3 Å². The van der Waals surface area contributed by atoms with Gasteiger partial charge in [-0.2, -0.15) is 0 Å². The van der Waals surface area contributed by atoms with Crippen LogP contribution in [0.1, 0.15) is 5.56 Å². The zero-order valence-electron chi connectivity index (χ0n) is 10.8. The normalized spacial score (nSPS) is 12.1. The van der Waals surface area contributed by atoms with Crippen LogP contribution in [-0.4, -0.2) is 15.7 Å². The van der Waals surface area contributed by atoms with Crippen molar-refractivity contribution in [3.63, 3.8) is 0 Å². The van der Waals surface area contributed by atoms with Gasteiger partial charge in [0.15, 0.2) is 0 Å². The Bertz CT molecular complexity index is 687. The van der Waals surface area contributed by atoms with Crippen molar-refractivity contribution in [2.45, 2.75) is 11.3 Å². The molecule has 2 aromatic carbocycles. The SMILES string of the molecule is O=C(Cc1ccc(F)cc1)CS(=O)c1cc(Cl)ccc1Cl. The molecule has 1 atom stereocenters. The topological polar surface area (TPSA) is 34.1 Å².